The molecule has 0 fully saturated rings. The van der Waals surface area contributed by atoms with Crippen molar-refractivity contribution in [2.24, 2.45) is 0 Å². The lowest BCUT2D eigenvalue weighted by Crippen LogP contribution is -2.07. The second-order valence-corrected chi connectivity index (χ2v) is 5.98. The van der Waals surface area contributed by atoms with E-state index in [1.54, 1.807) is 14.2 Å². The highest BCUT2D eigenvalue weighted by Crippen LogP contribution is 2.25. The molecule has 0 bridgehead atoms. The van der Waals surface area contributed by atoms with E-state index < -0.39 is 0 Å². The Labute approximate surface area is 159 Å². The molecule has 2 aromatic carbocycles. The van der Waals surface area contributed by atoms with E-state index >= 15 is 0 Å². The Kier molecular flexibility index (Phi) is 6.10. The molecule has 140 valence electrons. The smallest absolute Gasteiger partial charge is 0.226 e. The zero-order valence-corrected chi connectivity index (χ0v) is 15.7. The van der Waals surface area contributed by atoms with Crippen LogP contribution in [-0.4, -0.2) is 24.2 Å². The summed E-state index contributed by atoms with van der Waals surface area (Å²) in [5, 5.41) is 3.23. The quantitative estimate of drug-likeness (QED) is 0.651. The second-order valence-electron chi connectivity index (χ2n) is 5.98. The molecule has 6 nitrogen and oxygen atoms in total. The number of hydrogen-bond donors (Lipinski definition) is 1. The molecule has 1 heterocycles. The zero-order chi connectivity index (χ0) is 19.1. The molecule has 3 aromatic rings. The summed E-state index contributed by atoms with van der Waals surface area (Å²) in [5.74, 6) is 2.54. The highest BCUT2D eigenvalue weighted by Gasteiger charge is 2.08. The van der Waals surface area contributed by atoms with E-state index in [0.29, 0.717) is 25.0 Å². The number of nitrogens with one attached hydrogen (secondary N) is 1. The standard InChI is InChI=1S/C21H23N3O3/c1-15-11-20(27-14-16-7-5-4-6-8-16)24-21(23-15)22-13-17-9-10-18(25-2)12-19(17)26-3/h4-12H,13-14H2,1-3H3,(H,22,23,24). The highest BCUT2D eigenvalue weighted by molar-refractivity contribution is 5.43. The Hall–Kier alpha value is -3.28. The number of methoxy groups -OCH3 is 2. The number of ether oxygens (including phenoxy) is 3. The molecule has 0 aliphatic carbocycles. The Morgan fingerprint density at radius 3 is 2.48 bits per heavy atom. The molecule has 0 saturated carbocycles. The summed E-state index contributed by atoms with van der Waals surface area (Å²) in [5.41, 5.74) is 2.90. The summed E-state index contributed by atoms with van der Waals surface area (Å²) < 4.78 is 16.5. The lowest BCUT2D eigenvalue weighted by Gasteiger charge is -2.12. The van der Waals surface area contributed by atoms with Gasteiger partial charge in [-0.2, -0.15) is 4.98 Å². The Bertz CT molecular complexity index is 885. The monoisotopic (exact) mass is 365 g/mol. The SMILES string of the molecule is COc1ccc(CNc2nc(C)cc(OCc3ccccc3)n2)c(OC)c1. The van der Waals surface area contributed by atoms with Crippen LogP contribution in [0.5, 0.6) is 17.4 Å². The van der Waals surface area contributed by atoms with Crippen LogP contribution >= 0.6 is 0 Å². The summed E-state index contributed by atoms with van der Waals surface area (Å²) in [6.07, 6.45) is 0. The minimum atomic E-state index is 0.461. The number of anilines is 1. The molecule has 0 radical (unpaired) electrons. The van der Waals surface area contributed by atoms with Crippen LogP contribution < -0.4 is 19.5 Å². The molecule has 27 heavy (non-hydrogen) atoms. The first-order valence-corrected chi connectivity index (χ1v) is 8.65. The maximum absolute atomic E-state index is 5.81. The third kappa shape index (κ3) is 5.10. The van der Waals surface area contributed by atoms with Crippen molar-refractivity contribution in [1.29, 1.82) is 0 Å². The van der Waals surface area contributed by atoms with E-state index in [9.17, 15) is 0 Å². The molecule has 6 heteroatoms. The normalized spacial score (nSPS) is 10.3. The first kappa shape index (κ1) is 18.5. The van der Waals surface area contributed by atoms with Gasteiger partial charge in [-0.05, 0) is 24.6 Å². The van der Waals surface area contributed by atoms with Gasteiger partial charge in [0.05, 0.1) is 14.2 Å². The molecule has 0 aliphatic rings. The predicted octanol–water partition coefficient (Wildman–Crippen LogP) is 3.99. The maximum atomic E-state index is 5.81. The van der Waals surface area contributed by atoms with Gasteiger partial charge in [-0.25, -0.2) is 4.98 Å². The zero-order valence-electron chi connectivity index (χ0n) is 15.7. The van der Waals surface area contributed by atoms with Gasteiger partial charge in [-0.3, -0.25) is 0 Å². The number of hydrogen-bond acceptors (Lipinski definition) is 6. The summed E-state index contributed by atoms with van der Waals surface area (Å²) in [7, 11) is 3.27. The predicted molar refractivity (Wildman–Crippen MR) is 104 cm³/mol. The van der Waals surface area contributed by atoms with Crippen LogP contribution in [0.4, 0.5) is 5.95 Å². The van der Waals surface area contributed by atoms with Gasteiger partial charge >= 0.3 is 0 Å². The third-order valence-electron chi connectivity index (χ3n) is 3.99. The van der Waals surface area contributed by atoms with Gasteiger partial charge in [0.25, 0.3) is 0 Å². The van der Waals surface area contributed by atoms with Crippen molar-refractivity contribution < 1.29 is 14.2 Å². The minimum Gasteiger partial charge on any atom is -0.497 e. The third-order valence-corrected chi connectivity index (χ3v) is 3.99. The number of aromatic nitrogens is 2. The van der Waals surface area contributed by atoms with Crippen LogP contribution in [0.1, 0.15) is 16.8 Å². The highest BCUT2D eigenvalue weighted by atomic mass is 16.5. The Balaban J connectivity index is 1.67. The van der Waals surface area contributed by atoms with Gasteiger partial charge in [-0.15, -0.1) is 0 Å². The fourth-order valence-corrected chi connectivity index (χ4v) is 2.60. The molecule has 1 N–H and O–H groups in total. The largest absolute Gasteiger partial charge is 0.497 e. The van der Waals surface area contributed by atoms with Gasteiger partial charge < -0.3 is 19.5 Å². The lowest BCUT2D eigenvalue weighted by atomic mass is 10.2. The van der Waals surface area contributed by atoms with Crippen molar-refractivity contribution in [3.8, 4) is 17.4 Å². The first-order valence-electron chi connectivity index (χ1n) is 8.65. The molecular formula is C21H23N3O3. The lowest BCUT2D eigenvalue weighted by molar-refractivity contribution is 0.293. The second kappa shape index (κ2) is 8.89. The van der Waals surface area contributed by atoms with Crippen molar-refractivity contribution in [3.63, 3.8) is 0 Å². The molecule has 0 saturated heterocycles. The van der Waals surface area contributed by atoms with Crippen LogP contribution in [-0.2, 0) is 13.2 Å². The van der Waals surface area contributed by atoms with E-state index in [1.807, 2.05) is 61.5 Å². The average molecular weight is 365 g/mol. The number of aryl methyl sites for hydroxylation is 1. The number of rotatable bonds is 8. The van der Waals surface area contributed by atoms with Crippen LogP contribution in [0.2, 0.25) is 0 Å². The van der Waals surface area contributed by atoms with Gasteiger partial charge in [0.1, 0.15) is 18.1 Å². The molecule has 0 atom stereocenters. The van der Waals surface area contributed by atoms with Gasteiger partial charge in [0.2, 0.25) is 11.8 Å². The van der Waals surface area contributed by atoms with Gasteiger partial charge in [-0.1, -0.05) is 30.3 Å². The molecule has 0 spiro atoms. The van der Waals surface area contributed by atoms with Crippen molar-refractivity contribution >= 4 is 5.95 Å². The number of nitrogens with zero attached hydrogens (tertiary/aromatic N) is 2. The first-order chi connectivity index (χ1) is 13.2. The molecule has 0 aliphatic heterocycles. The minimum absolute atomic E-state index is 0.461. The maximum Gasteiger partial charge on any atom is 0.226 e. The van der Waals surface area contributed by atoms with E-state index in [0.717, 1.165) is 28.3 Å². The molecule has 1 aromatic heterocycles. The molecule has 0 amide bonds. The summed E-state index contributed by atoms with van der Waals surface area (Å²) in [6.45, 7) is 2.90. The summed E-state index contributed by atoms with van der Waals surface area (Å²) in [4.78, 5) is 8.87. The van der Waals surface area contributed by atoms with Crippen molar-refractivity contribution in [2.45, 2.75) is 20.1 Å². The Morgan fingerprint density at radius 2 is 1.74 bits per heavy atom. The van der Waals surface area contributed by atoms with Crippen LogP contribution in [0.15, 0.2) is 54.6 Å². The van der Waals surface area contributed by atoms with Gasteiger partial charge in [0.15, 0.2) is 0 Å². The van der Waals surface area contributed by atoms with E-state index in [4.69, 9.17) is 14.2 Å². The van der Waals surface area contributed by atoms with Crippen LogP contribution in [0, 0.1) is 6.92 Å². The van der Waals surface area contributed by atoms with Crippen molar-refractivity contribution in [2.75, 3.05) is 19.5 Å². The van der Waals surface area contributed by atoms with Crippen molar-refractivity contribution in [3.05, 3.63) is 71.4 Å². The fraction of sp³-hybridized carbons (Fsp3) is 0.238. The summed E-state index contributed by atoms with van der Waals surface area (Å²) in [6, 6.07) is 17.5. The average Bonchev–Trinajstić information content (AvgIpc) is 2.71. The summed E-state index contributed by atoms with van der Waals surface area (Å²) >= 11 is 0. The van der Waals surface area contributed by atoms with E-state index in [2.05, 4.69) is 15.3 Å². The van der Waals surface area contributed by atoms with E-state index in [-0.39, 0.29) is 0 Å². The van der Waals surface area contributed by atoms with Gasteiger partial charge in [0, 0.05) is 29.9 Å². The molecule has 0 unspecified atom stereocenters. The number of benzene rings is 2. The molecular weight excluding hydrogens is 342 g/mol. The molecule has 3 rings (SSSR count). The van der Waals surface area contributed by atoms with Crippen LogP contribution in [0.25, 0.3) is 0 Å². The Morgan fingerprint density at radius 1 is 0.926 bits per heavy atom. The van der Waals surface area contributed by atoms with Crippen molar-refractivity contribution in [1.82, 2.24) is 9.97 Å². The topological polar surface area (TPSA) is 65.5 Å². The van der Waals surface area contributed by atoms with Crippen LogP contribution in [0.3, 0.4) is 0 Å². The van der Waals surface area contributed by atoms with E-state index in [1.165, 1.54) is 0 Å². The fourth-order valence-electron chi connectivity index (χ4n) is 2.60.